The Morgan fingerprint density at radius 2 is 1.46 bits per heavy atom. The van der Waals surface area contributed by atoms with Crippen molar-refractivity contribution in [3.05, 3.63) is 94.3 Å². The van der Waals surface area contributed by atoms with Crippen molar-refractivity contribution < 1.29 is 13.2 Å². The molecule has 0 atom stereocenters. The van der Waals surface area contributed by atoms with Gasteiger partial charge in [-0.2, -0.15) is 5.26 Å². The highest BCUT2D eigenvalue weighted by molar-refractivity contribution is 5.65. The van der Waals surface area contributed by atoms with Gasteiger partial charge in [0.2, 0.25) is 0 Å². The monoisotopic (exact) mass is 375 g/mol. The third-order valence-corrected chi connectivity index (χ3v) is 4.29. The second-order valence-corrected chi connectivity index (χ2v) is 6.32. The van der Waals surface area contributed by atoms with Crippen LogP contribution in [0, 0.1) is 40.6 Å². The van der Waals surface area contributed by atoms with Crippen molar-refractivity contribution in [2.45, 2.75) is 19.8 Å². The summed E-state index contributed by atoms with van der Waals surface area (Å²) in [4.78, 5) is 0. The maximum absolute atomic E-state index is 14.4. The number of hydrogen-bond acceptors (Lipinski definition) is 1. The molecule has 0 amide bonds. The average Bonchev–Trinajstić information content (AvgIpc) is 2.68. The van der Waals surface area contributed by atoms with E-state index in [0.717, 1.165) is 18.9 Å². The van der Waals surface area contributed by atoms with E-state index in [2.05, 4.69) is 18.8 Å². The molecular formula is C24H16F3N. The lowest BCUT2D eigenvalue weighted by Gasteiger charge is -2.06. The molecule has 28 heavy (non-hydrogen) atoms. The summed E-state index contributed by atoms with van der Waals surface area (Å²) in [7, 11) is 0. The highest BCUT2D eigenvalue weighted by atomic mass is 19.1. The van der Waals surface area contributed by atoms with Gasteiger partial charge in [0.05, 0.1) is 11.1 Å². The summed E-state index contributed by atoms with van der Waals surface area (Å²) in [5, 5.41) is 8.73. The number of halogens is 3. The average molecular weight is 375 g/mol. The summed E-state index contributed by atoms with van der Waals surface area (Å²) in [5.74, 6) is 2.66. The molecule has 0 saturated heterocycles. The Bertz CT molecular complexity index is 1090. The minimum absolute atomic E-state index is 0.114. The van der Waals surface area contributed by atoms with Crippen LogP contribution in [-0.2, 0) is 6.42 Å². The van der Waals surface area contributed by atoms with Gasteiger partial charge >= 0.3 is 0 Å². The molecule has 3 aromatic carbocycles. The molecule has 1 nitrogen and oxygen atoms in total. The maximum atomic E-state index is 14.4. The van der Waals surface area contributed by atoms with Crippen molar-refractivity contribution >= 4 is 0 Å². The van der Waals surface area contributed by atoms with Gasteiger partial charge in [0.25, 0.3) is 0 Å². The molecule has 0 saturated carbocycles. The van der Waals surface area contributed by atoms with Crippen molar-refractivity contribution in [1.29, 1.82) is 5.26 Å². The molecular weight excluding hydrogens is 359 g/mol. The standard InChI is InChI=1S/C24H16F3N/c1-2-3-16-4-8-18(9-5-16)20-13-23(26)21(24(27)14-20)11-7-17-6-10-19(15-28)22(25)12-17/h4-6,8-10,12-14H,2-3H2,1H3. The molecule has 0 aliphatic heterocycles. The van der Waals surface area contributed by atoms with Crippen molar-refractivity contribution in [1.82, 2.24) is 0 Å². The molecule has 0 bridgehead atoms. The van der Waals surface area contributed by atoms with E-state index in [-0.39, 0.29) is 16.7 Å². The summed E-state index contributed by atoms with van der Waals surface area (Å²) in [6, 6.07) is 15.5. The van der Waals surface area contributed by atoms with Crippen molar-refractivity contribution in [3.63, 3.8) is 0 Å². The highest BCUT2D eigenvalue weighted by Gasteiger charge is 2.11. The van der Waals surface area contributed by atoms with Gasteiger partial charge in [-0.1, -0.05) is 49.5 Å². The summed E-state index contributed by atoms with van der Waals surface area (Å²) in [6.07, 6.45) is 1.98. The number of benzene rings is 3. The van der Waals surface area contributed by atoms with E-state index in [0.29, 0.717) is 11.1 Å². The van der Waals surface area contributed by atoms with Gasteiger partial charge in [-0.05, 0) is 53.4 Å². The molecule has 3 rings (SSSR count). The minimum atomic E-state index is -0.783. The Labute approximate surface area is 162 Å². The minimum Gasteiger partial charge on any atom is -0.206 e. The first-order valence-corrected chi connectivity index (χ1v) is 8.82. The van der Waals surface area contributed by atoms with Gasteiger partial charge in [0, 0.05) is 5.56 Å². The summed E-state index contributed by atoms with van der Waals surface area (Å²) in [6.45, 7) is 2.09. The van der Waals surface area contributed by atoms with Gasteiger partial charge < -0.3 is 0 Å². The summed E-state index contributed by atoms with van der Waals surface area (Å²) in [5.41, 5.74) is 2.04. The fraction of sp³-hybridized carbons (Fsp3) is 0.125. The lowest BCUT2D eigenvalue weighted by Crippen LogP contribution is -1.93. The fourth-order valence-electron chi connectivity index (χ4n) is 2.83. The lowest BCUT2D eigenvalue weighted by atomic mass is 10.0. The Morgan fingerprint density at radius 3 is 2.04 bits per heavy atom. The zero-order valence-electron chi connectivity index (χ0n) is 15.2. The van der Waals surface area contributed by atoms with Gasteiger partial charge in [0.15, 0.2) is 0 Å². The van der Waals surface area contributed by atoms with Crippen LogP contribution in [0.5, 0.6) is 0 Å². The molecule has 3 aromatic rings. The van der Waals surface area contributed by atoms with E-state index in [9.17, 15) is 13.2 Å². The van der Waals surface area contributed by atoms with Crippen molar-refractivity contribution in [2.24, 2.45) is 0 Å². The molecule has 0 aliphatic rings. The molecule has 0 spiro atoms. The molecule has 0 fully saturated rings. The molecule has 4 heteroatoms. The van der Waals surface area contributed by atoms with E-state index >= 15 is 0 Å². The first-order chi connectivity index (χ1) is 13.5. The number of nitriles is 1. The van der Waals surface area contributed by atoms with Crippen LogP contribution in [-0.4, -0.2) is 0 Å². The van der Waals surface area contributed by atoms with Crippen LogP contribution in [0.15, 0.2) is 54.6 Å². The highest BCUT2D eigenvalue weighted by Crippen LogP contribution is 2.25. The smallest absolute Gasteiger partial charge is 0.142 e. The quantitative estimate of drug-likeness (QED) is 0.516. The van der Waals surface area contributed by atoms with E-state index in [1.165, 1.54) is 29.8 Å². The van der Waals surface area contributed by atoms with Crippen LogP contribution >= 0.6 is 0 Å². The van der Waals surface area contributed by atoms with Gasteiger partial charge in [0.1, 0.15) is 23.5 Å². The number of hydrogen-bond donors (Lipinski definition) is 0. The second kappa shape index (κ2) is 8.46. The maximum Gasteiger partial charge on any atom is 0.142 e. The molecule has 0 N–H and O–H groups in total. The van der Waals surface area contributed by atoms with E-state index in [4.69, 9.17) is 5.26 Å². The molecule has 0 aliphatic carbocycles. The Kier molecular flexibility index (Phi) is 5.82. The van der Waals surface area contributed by atoms with Gasteiger partial charge in [-0.3, -0.25) is 0 Å². The van der Waals surface area contributed by atoms with E-state index in [1.54, 1.807) is 6.07 Å². The molecule has 0 aromatic heterocycles. The van der Waals surface area contributed by atoms with Crippen LogP contribution in [0.3, 0.4) is 0 Å². The van der Waals surface area contributed by atoms with Crippen molar-refractivity contribution in [3.8, 4) is 29.0 Å². The normalized spacial score (nSPS) is 10.1. The van der Waals surface area contributed by atoms with Crippen LogP contribution < -0.4 is 0 Å². The summed E-state index contributed by atoms with van der Waals surface area (Å²) < 4.78 is 42.5. The van der Waals surface area contributed by atoms with Crippen LogP contribution in [0.4, 0.5) is 13.2 Å². The SMILES string of the molecule is CCCc1ccc(-c2cc(F)c(C#Cc3ccc(C#N)c(F)c3)c(F)c2)cc1. The van der Waals surface area contributed by atoms with Crippen LogP contribution in [0.25, 0.3) is 11.1 Å². The largest absolute Gasteiger partial charge is 0.206 e. The van der Waals surface area contributed by atoms with Crippen LogP contribution in [0.2, 0.25) is 0 Å². The van der Waals surface area contributed by atoms with Crippen molar-refractivity contribution in [2.75, 3.05) is 0 Å². The predicted molar refractivity (Wildman–Crippen MR) is 103 cm³/mol. The zero-order chi connectivity index (χ0) is 20.1. The second-order valence-electron chi connectivity index (χ2n) is 6.32. The number of nitrogens with zero attached hydrogens (tertiary/aromatic N) is 1. The number of aryl methyl sites for hydroxylation is 1. The first-order valence-electron chi connectivity index (χ1n) is 8.82. The van der Waals surface area contributed by atoms with E-state index in [1.807, 2.05) is 24.3 Å². The lowest BCUT2D eigenvalue weighted by molar-refractivity contribution is 0.578. The predicted octanol–water partition coefficient (Wildman–Crippen LogP) is 5.99. The zero-order valence-corrected chi connectivity index (χ0v) is 15.2. The van der Waals surface area contributed by atoms with Crippen LogP contribution in [0.1, 0.15) is 35.6 Å². The fourth-order valence-corrected chi connectivity index (χ4v) is 2.83. The van der Waals surface area contributed by atoms with E-state index < -0.39 is 17.5 Å². The first kappa shape index (κ1) is 19.3. The number of rotatable bonds is 3. The summed E-state index contributed by atoms with van der Waals surface area (Å²) >= 11 is 0. The molecule has 0 unspecified atom stereocenters. The molecule has 0 radical (unpaired) electrons. The van der Waals surface area contributed by atoms with Gasteiger partial charge in [-0.15, -0.1) is 0 Å². The Balaban J connectivity index is 1.91. The van der Waals surface area contributed by atoms with Gasteiger partial charge in [-0.25, -0.2) is 13.2 Å². The Morgan fingerprint density at radius 1 is 0.786 bits per heavy atom. The molecule has 0 heterocycles. The molecule has 138 valence electrons. The Hall–Kier alpha value is -3.50. The topological polar surface area (TPSA) is 23.8 Å². The third-order valence-electron chi connectivity index (χ3n) is 4.29. The third kappa shape index (κ3) is 4.24.